The highest BCUT2D eigenvalue weighted by molar-refractivity contribution is 6.18. The normalized spacial score (nSPS) is 22.6. The molecule has 1 fully saturated rings. The van der Waals surface area contributed by atoms with Gasteiger partial charge in [-0.15, -0.1) is 16.5 Å². The molecule has 1 aliphatic heterocycles. The molecule has 0 bridgehead atoms. The summed E-state index contributed by atoms with van der Waals surface area (Å²) in [4.78, 5) is 47.7. The van der Waals surface area contributed by atoms with Crippen molar-refractivity contribution in [2.75, 3.05) is 19.0 Å². The van der Waals surface area contributed by atoms with Crippen LogP contribution >= 0.6 is 11.6 Å². The van der Waals surface area contributed by atoms with Gasteiger partial charge in [-0.1, -0.05) is 0 Å². The first kappa shape index (κ1) is 19.1. The molecule has 0 unspecified atom stereocenters. The minimum Gasteiger partial charge on any atom is -0.390 e. The van der Waals surface area contributed by atoms with E-state index in [1.165, 1.54) is 17.7 Å². The number of nitrogens with zero attached hydrogens (tertiary/aromatic N) is 3. The molecule has 25 heavy (non-hydrogen) atoms. The third-order valence-electron chi connectivity index (χ3n) is 3.74. The maximum absolute atomic E-state index is 11.9. The Morgan fingerprint density at radius 2 is 2.32 bits per heavy atom. The van der Waals surface area contributed by atoms with E-state index in [-0.39, 0.29) is 25.4 Å². The van der Waals surface area contributed by atoms with Crippen LogP contribution in [0.5, 0.6) is 0 Å². The number of aliphatic hydroxyl groups is 1. The number of amides is 2. The van der Waals surface area contributed by atoms with Gasteiger partial charge >= 0.3 is 11.7 Å². The van der Waals surface area contributed by atoms with Gasteiger partial charge in [-0.3, -0.25) is 14.3 Å². The molecule has 1 saturated heterocycles. The molecule has 0 aromatic carbocycles. The lowest BCUT2D eigenvalue weighted by Crippen LogP contribution is -2.43. The van der Waals surface area contributed by atoms with Crippen LogP contribution in [0.3, 0.4) is 0 Å². The minimum atomic E-state index is -0.949. The summed E-state index contributed by atoms with van der Waals surface area (Å²) in [5.41, 5.74) is -0.830. The average Bonchev–Trinajstić information content (AvgIpc) is 2.94. The third kappa shape index (κ3) is 4.44. The fraction of sp³-hybridized carbons (Fsp3) is 0.615. The number of hydrogen-bond acceptors (Lipinski definition) is 7. The minimum absolute atomic E-state index is 0.0399. The number of nitroso groups, excluding NO2 is 1. The Morgan fingerprint density at radius 1 is 1.60 bits per heavy atom. The third-order valence-corrected chi connectivity index (χ3v) is 3.91. The number of ether oxygens (including phenoxy) is 1. The van der Waals surface area contributed by atoms with Crippen LogP contribution in [0.4, 0.5) is 4.79 Å². The molecule has 0 radical (unpaired) electrons. The summed E-state index contributed by atoms with van der Waals surface area (Å²) < 4.78 is 6.76. The summed E-state index contributed by atoms with van der Waals surface area (Å²) in [6, 6.07) is -0.771. The molecule has 1 aromatic heterocycles. The quantitative estimate of drug-likeness (QED) is 0.344. The fourth-order valence-corrected chi connectivity index (χ4v) is 2.57. The summed E-state index contributed by atoms with van der Waals surface area (Å²) in [6.07, 6.45) is -1.09. The number of urea groups is 1. The number of nitrogens with one attached hydrogen (secondary N) is 2. The van der Waals surface area contributed by atoms with E-state index in [1.54, 1.807) is 0 Å². The zero-order valence-corrected chi connectivity index (χ0v) is 14.1. The Morgan fingerprint density at radius 3 is 2.96 bits per heavy atom. The predicted octanol–water partition coefficient (Wildman–Crippen LogP) is -0.575. The van der Waals surface area contributed by atoms with Gasteiger partial charge in [0.05, 0.1) is 17.9 Å². The predicted molar refractivity (Wildman–Crippen MR) is 87.2 cm³/mol. The summed E-state index contributed by atoms with van der Waals surface area (Å²) in [6.45, 7) is 1.39. The van der Waals surface area contributed by atoms with Crippen LogP contribution in [0, 0.1) is 11.8 Å². The van der Waals surface area contributed by atoms with Crippen LogP contribution in [0.2, 0.25) is 0 Å². The molecule has 2 amide bonds. The summed E-state index contributed by atoms with van der Waals surface area (Å²) >= 11 is 5.45. The van der Waals surface area contributed by atoms with Crippen molar-refractivity contribution in [2.45, 2.75) is 31.8 Å². The number of H-pyrrole nitrogens is 1. The average molecular weight is 376 g/mol. The largest absolute Gasteiger partial charge is 0.390 e. The summed E-state index contributed by atoms with van der Waals surface area (Å²) in [7, 11) is 0. The molecule has 0 aliphatic carbocycles. The number of alkyl halides is 1. The van der Waals surface area contributed by atoms with Crippen LogP contribution in [-0.2, 0) is 4.74 Å². The Hall–Kier alpha value is -2.24. The van der Waals surface area contributed by atoms with Crippen LogP contribution in [0.1, 0.15) is 18.2 Å². The van der Waals surface area contributed by atoms with Gasteiger partial charge < -0.3 is 15.2 Å². The number of aryl methyl sites for hydroxylation is 1. The van der Waals surface area contributed by atoms with Crippen LogP contribution in [-0.4, -0.2) is 56.9 Å². The number of carbonyl (C=O) groups excluding carboxylic acids is 1. The molecular formula is C13H18ClN5O6. The molecule has 3 atom stereocenters. The van der Waals surface area contributed by atoms with Gasteiger partial charge in [0.2, 0.25) is 0 Å². The molecule has 138 valence electrons. The molecule has 2 rings (SSSR count). The van der Waals surface area contributed by atoms with Crippen molar-refractivity contribution in [1.29, 1.82) is 0 Å². The Balaban J connectivity index is 2.01. The number of carbonyl (C=O) groups is 1. The Bertz CT molecular complexity index is 749. The smallest absolute Gasteiger partial charge is 0.340 e. The van der Waals surface area contributed by atoms with Crippen LogP contribution in [0.25, 0.3) is 0 Å². The second kappa shape index (κ2) is 8.23. The maximum Gasteiger partial charge on any atom is 0.340 e. The molecule has 1 aliphatic rings. The van der Waals surface area contributed by atoms with Gasteiger partial charge in [0.15, 0.2) is 0 Å². The van der Waals surface area contributed by atoms with E-state index in [0.717, 1.165) is 0 Å². The first-order valence-electron chi connectivity index (χ1n) is 7.47. The molecule has 2 heterocycles. The number of aliphatic hydroxyl groups excluding tert-OH is 1. The maximum atomic E-state index is 11.9. The highest BCUT2D eigenvalue weighted by atomic mass is 35.5. The molecular weight excluding hydrogens is 358 g/mol. The van der Waals surface area contributed by atoms with Gasteiger partial charge in [-0.05, 0) is 6.92 Å². The first-order chi connectivity index (χ1) is 11.9. The van der Waals surface area contributed by atoms with E-state index in [2.05, 4.69) is 15.6 Å². The standard InChI is InChI=1S/C13H18ClN5O6/c1-7-6-18(13(23)16-11(7)21)10-4-8(20)9(25-10)5-15-12(22)19(17-24)3-2-14/h6,8-10,20H,2-5H2,1H3,(H,15,22)(H,16,21,23)/t8-,9+,10+/m0/s1. The highest BCUT2D eigenvalue weighted by Crippen LogP contribution is 2.27. The van der Waals surface area contributed by atoms with Crippen molar-refractivity contribution < 1.29 is 14.6 Å². The van der Waals surface area contributed by atoms with Crippen molar-refractivity contribution in [3.8, 4) is 0 Å². The van der Waals surface area contributed by atoms with Crippen molar-refractivity contribution in [3.63, 3.8) is 0 Å². The number of rotatable bonds is 6. The van der Waals surface area contributed by atoms with E-state index in [9.17, 15) is 24.4 Å². The zero-order valence-electron chi connectivity index (χ0n) is 13.3. The number of hydrogen-bond donors (Lipinski definition) is 3. The SMILES string of the molecule is Cc1cn([C@H]2C[C@H](O)[C@@H](CNC(=O)N(CCCl)N=O)O2)c(=O)[nH]c1=O. The number of aromatic nitrogens is 2. The Labute approximate surface area is 146 Å². The van der Waals surface area contributed by atoms with Crippen molar-refractivity contribution in [2.24, 2.45) is 5.29 Å². The van der Waals surface area contributed by atoms with E-state index in [4.69, 9.17) is 16.3 Å². The van der Waals surface area contributed by atoms with Gasteiger partial charge in [0.25, 0.3) is 5.56 Å². The molecule has 12 heteroatoms. The van der Waals surface area contributed by atoms with E-state index >= 15 is 0 Å². The first-order valence-corrected chi connectivity index (χ1v) is 8.01. The lowest BCUT2D eigenvalue weighted by Gasteiger charge is -2.18. The Kier molecular flexibility index (Phi) is 6.28. The monoisotopic (exact) mass is 375 g/mol. The summed E-state index contributed by atoms with van der Waals surface area (Å²) in [5, 5.41) is 15.6. The lowest BCUT2D eigenvalue weighted by molar-refractivity contribution is -0.0184. The van der Waals surface area contributed by atoms with Gasteiger partial charge in [0.1, 0.15) is 12.3 Å². The van der Waals surface area contributed by atoms with E-state index in [0.29, 0.717) is 10.6 Å². The molecule has 0 spiro atoms. The van der Waals surface area contributed by atoms with Crippen molar-refractivity contribution >= 4 is 17.6 Å². The van der Waals surface area contributed by atoms with Gasteiger partial charge in [-0.2, -0.15) is 5.01 Å². The topological polar surface area (TPSA) is 146 Å². The number of halogens is 1. The van der Waals surface area contributed by atoms with Gasteiger partial charge in [0, 0.05) is 30.6 Å². The van der Waals surface area contributed by atoms with E-state index in [1.807, 2.05) is 0 Å². The summed E-state index contributed by atoms with van der Waals surface area (Å²) in [5.74, 6) is 0.0399. The fourth-order valence-electron chi connectivity index (χ4n) is 2.41. The van der Waals surface area contributed by atoms with Crippen molar-refractivity contribution in [1.82, 2.24) is 19.9 Å². The van der Waals surface area contributed by atoms with Crippen LogP contribution < -0.4 is 16.6 Å². The number of aromatic amines is 1. The lowest BCUT2D eigenvalue weighted by atomic mass is 10.2. The highest BCUT2D eigenvalue weighted by Gasteiger charge is 2.36. The van der Waals surface area contributed by atoms with Crippen LogP contribution in [0.15, 0.2) is 21.1 Å². The van der Waals surface area contributed by atoms with Crippen molar-refractivity contribution in [3.05, 3.63) is 37.5 Å². The molecule has 3 N–H and O–H groups in total. The van der Waals surface area contributed by atoms with Gasteiger partial charge in [-0.25, -0.2) is 9.59 Å². The second-order valence-electron chi connectivity index (χ2n) is 5.49. The molecule has 0 saturated carbocycles. The molecule has 1 aromatic rings. The second-order valence-corrected chi connectivity index (χ2v) is 5.87. The zero-order chi connectivity index (χ0) is 18.6. The van der Waals surface area contributed by atoms with E-state index < -0.39 is 35.7 Å². The molecule has 11 nitrogen and oxygen atoms in total.